The molecule has 0 N–H and O–H groups in total. The van der Waals surface area contributed by atoms with Gasteiger partial charge in [-0.2, -0.15) is 5.10 Å². The summed E-state index contributed by atoms with van der Waals surface area (Å²) in [6, 6.07) is 6.12. The fraction of sp³-hybridized carbons (Fsp3) is 0.542. The second-order valence-corrected chi connectivity index (χ2v) is 8.44. The average molecular weight is 425 g/mol. The number of ether oxygens (including phenoxy) is 1. The van der Waals surface area contributed by atoms with Crippen molar-refractivity contribution in [3.05, 3.63) is 47.3 Å². The number of fused-ring (bicyclic) bond motifs is 1. The first-order valence-corrected chi connectivity index (χ1v) is 11.4. The van der Waals surface area contributed by atoms with E-state index in [-0.39, 0.29) is 17.7 Å². The van der Waals surface area contributed by atoms with E-state index in [4.69, 9.17) is 4.74 Å². The monoisotopic (exact) mass is 424 g/mol. The molecule has 1 saturated carbocycles. The van der Waals surface area contributed by atoms with Crippen LogP contribution in [0.2, 0.25) is 0 Å². The largest absolute Gasteiger partial charge is 0.491 e. The third kappa shape index (κ3) is 5.27. The highest BCUT2D eigenvalue weighted by Crippen LogP contribution is 2.33. The van der Waals surface area contributed by atoms with Gasteiger partial charge in [-0.3, -0.25) is 14.3 Å². The predicted octanol–water partition coefficient (Wildman–Crippen LogP) is 3.02. The Kier molecular flexibility index (Phi) is 6.59. The van der Waals surface area contributed by atoms with Gasteiger partial charge in [0.25, 0.3) is 0 Å². The van der Waals surface area contributed by atoms with Crippen molar-refractivity contribution in [1.29, 1.82) is 0 Å². The zero-order valence-corrected chi connectivity index (χ0v) is 18.5. The van der Waals surface area contributed by atoms with Crippen LogP contribution in [0.15, 0.2) is 30.6 Å². The first kappa shape index (κ1) is 21.4. The summed E-state index contributed by atoms with van der Waals surface area (Å²) >= 11 is 0. The molecule has 0 bridgehead atoms. The summed E-state index contributed by atoms with van der Waals surface area (Å²) in [6.45, 7) is 7.90. The lowest BCUT2D eigenvalue weighted by Crippen LogP contribution is -2.33. The molecule has 4 rings (SSSR count). The molecule has 2 aliphatic rings. The molecular weight excluding hydrogens is 392 g/mol. The number of benzene rings is 1. The van der Waals surface area contributed by atoms with E-state index in [1.807, 2.05) is 52.9 Å². The highest BCUT2D eigenvalue weighted by molar-refractivity contribution is 5.81. The highest BCUT2D eigenvalue weighted by atomic mass is 16.5. The van der Waals surface area contributed by atoms with E-state index < -0.39 is 0 Å². The fourth-order valence-corrected chi connectivity index (χ4v) is 4.05. The SMILES string of the molecule is CCN(Cc1cnn(CC)c1)C(=O)CCc1ccc2c(c1)CN(C(=O)C1CC1)CCO2. The molecule has 2 amide bonds. The van der Waals surface area contributed by atoms with Crippen LogP contribution < -0.4 is 4.74 Å². The number of aromatic nitrogens is 2. The molecule has 2 heterocycles. The topological polar surface area (TPSA) is 67.7 Å². The molecule has 31 heavy (non-hydrogen) atoms. The molecule has 1 aromatic carbocycles. The van der Waals surface area contributed by atoms with E-state index in [0.29, 0.717) is 45.6 Å². The summed E-state index contributed by atoms with van der Waals surface area (Å²) in [5, 5.41) is 4.30. The third-order valence-electron chi connectivity index (χ3n) is 6.09. The van der Waals surface area contributed by atoms with Gasteiger partial charge in [-0.05, 0) is 44.7 Å². The van der Waals surface area contributed by atoms with E-state index >= 15 is 0 Å². The number of carbonyl (C=O) groups is 2. The van der Waals surface area contributed by atoms with Crippen molar-refractivity contribution in [1.82, 2.24) is 19.6 Å². The van der Waals surface area contributed by atoms with Crippen LogP contribution in [0.25, 0.3) is 0 Å². The van der Waals surface area contributed by atoms with Crippen molar-refractivity contribution in [3.8, 4) is 5.75 Å². The molecule has 1 aromatic heterocycles. The van der Waals surface area contributed by atoms with E-state index in [1.54, 1.807) is 0 Å². The van der Waals surface area contributed by atoms with Crippen LogP contribution in [0, 0.1) is 5.92 Å². The fourth-order valence-electron chi connectivity index (χ4n) is 4.05. The summed E-state index contributed by atoms with van der Waals surface area (Å²) in [7, 11) is 0. The maximum Gasteiger partial charge on any atom is 0.226 e. The zero-order chi connectivity index (χ0) is 21.8. The Balaban J connectivity index is 1.36. The van der Waals surface area contributed by atoms with Gasteiger partial charge in [0.1, 0.15) is 12.4 Å². The molecule has 1 fully saturated rings. The Bertz CT molecular complexity index is 935. The molecule has 7 nitrogen and oxygen atoms in total. The van der Waals surface area contributed by atoms with Gasteiger partial charge in [-0.15, -0.1) is 0 Å². The maximum atomic E-state index is 12.8. The average Bonchev–Trinajstić information content (AvgIpc) is 3.57. The van der Waals surface area contributed by atoms with E-state index in [2.05, 4.69) is 11.2 Å². The van der Waals surface area contributed by atoms with Crippen LogP contribution in [0.3, 0.4) is 0 Å². The second-order valence-electron chi connectivity index (χ2n) is 8.44. The molecule has 2 aromatic rings. The van der Waals surface area contributed by atoms with Crippen LogP contribution in [-0.4, -0.2) is 51.1 Å². The molecule has 0 atom stereocenters. The highest BCUT2D eigenvalue weighted by Gasteiger charge is 2.34. The van der Waals surface area contributed by atoms with Crippen molar-refractivity contribution < 1.29 is 14.3 Å². The molecule has 1 aliphatic heterocycles. The summed E-state index contributed by atoms with van der Waals surface area (Å²) in [6.07, 6.45) is 6.99. The van der Waals surface area contributed by atoms with Gasteiger partial charge >= 0.3 is 0 Å². The Morgan fingerprint density at radius 2 is 2.06 bits per heavy atom. The number of hydrogen-bond donors (Lipinski definition) is 0. The minimum atomic E-state index is 0.142. The minimum Gasteiger partial charge on any atom is -0.491 e. The summed E-state index contributed by atoms with van der Waals surface area (Å²) in [5.41, 5.74) is 3.20. The van der Waals surface area contributed by atoms with Crippen LogP contribution >= 0.6 is 0 Å². The second kappa shape index (κ2) is 9.54. The normalized spacial score (nSPS) is 15.7. The van der Waals surface area contributed by atoms with Gasteiger partial charge in [0, 0.05) is 55.8 Å². The summed E-state index contributed by atoms with van der Waals surface area (Å²) in [4.78, 5) is 29.1. The van der Waals surface area contributed by atoms with E-state index in [1.165, 1.54) is 0 Å². The van der Waals surface area contributed by atoms with Crippen molar-refractivity contribution >= 4 is 11.8 Å². The van der Waals surface area contributed by atoms with Crippen molar-refractivity contribution in [2.45, 2.75) is 59.2 Å². The third-order valence-corrected chi connectivity index (χ3v) is 6.09. The lowest BCUT2D eigenvalue weighted by Gasteiger charge is -2.21. The number of amides is 2. The lowest BCUT2D eigenvalue weighted by molar-refractivity contribution is -0.133. The van der Waals surface area contributed by atoms with Crippen LogP contribution in [-0.2, 0) is 35.6 Å². The quantitative estimate of drug-likeness (QED) is 0.653. The van der Waals surface area contributed by atoms with Crippen LogP contribution in [0.5, 0.6) is 5.75 Å². The number of rotatable bonds is 8. The van der Waals surface area contributed by atoms with E-state index in [0.717, 1.165) is 41.8 Å². The summed E-state index contributed by atoms with van der Waals surface area (Å²) < 4.78 is 7.74. The molecule has 1 aliphatic carbocycles. The van der Waals surface area contributed by atoms with Crippen molar-refractivity contribution in [2.24, 2.45) is 5.92 Å². The maximum absolute atomic E-state index is 12.8. The summed E-state index contributed by atoms with van der Waals surface area (Å²) in [5.74, 6) is 1.46. The van der Waals surface area contributed by atoms with Crippen molar-refractivity contribution in [3.63, 3.8) is 0 Å². The number of carbonyl (C=O) groups excluding carboxylic acids is 2. The van der Waals surface area contributed by atoms with Crippen molar-refractivity contribution in [2.75, 3.05) is 19.7 Å². The zero-order valence-electron chi connectivity index (χ0n) is 18.5. The van der Waals surface area contributed by atoms with Gasteiger partial charge in [0.05, 0.1) is 12.7 Å². The first-order chi connectivity index (χ1) is 15.1. The Morgan fingerprint density at radius 1 is 1.23 bits per heavy atom. The molecule has 0 spiro atoms. The smallest absolute Gasteiger partial charge is 0.226 e. The van der Waals surface area contributed by atoms with Gasteiger partial charge in [0.2, 0.25) is 11.8 Å². The lowest BCUT2D eigenvalue weighted by atomic mass is 10.0. The molecule has 166 valence electrons. The van der Waals surface area contributed by atoms with Crippen LogP contribution in [0.1, 0.15) is 49.8 Å². The van der Waals surface area contributed by atoms with E-state index in [9.17, 15) is 9.59 Å². The van der Waals surface area contributed by atoms with Gasteiger partial charge in [0.15, 0.2) is 0 Å². The van der Waals surface area contributed by atoms with Crippen LogP contribution in [0.4, 0.5) is 0 Å². The molecule has 0 radical (unpaired) electrons. The molecule has 0 unspecified atom stereocenters. The number of aryl methyl sites for hydroxylation is 2. The first-order valence-electron chi connectivity index (χ1n) is 11.4. The number of nitrogens with zero attached hydrogens (tertiary/aromatic N) is 4. The standard InChI is InChI=1S/C24H32N4O3/c1-3-26(15-19-14-25-28(4-2)16-19)23(29)10-6-18-5-9-22-21(13-18)17-27(11-12-31-22)24(30)20-7-8-20/h5,9,13-14,16,20H,3-4,6-8,10-12,15,17H2,1-2H3. The predicted molar refractivity (Wildman–Crippen MR) is 117 cm³/mol. The Morgan fingerprint density at radius 3 is 2.77 bits per heavy atom. The van der Waals surface area contributed by atoms with Gasteiger partial charge < -0.3 is 14.5 Å². The molecular formula is C24H32N4O3. The Labute approximate surface area is 184 Å². The minimum absolute atomic E-state index is 0.142. The Hall–Kier alpha value is -2.83. The molecule has 0 saturated heterocycles. The van der Waals surface area contributed by atoms with Gasteiger partial charge in [-0.1, -0.05) is 12.1 Å². The van der Waals surface area contributed by atoms with Gasteiger partial charge in [-0.25, -0.2) is 0 Å². The number of hydrogen-bond acceptors (Lipinski definition) is 4. The molecule has 7 heteroatoms.